The molecule has 0 amide bonds. The van der Waals surface area contributed by atoms with Gasteiger partial charge in [-0.15, -0.1) is 0 Å². The lowest BCUT2D eigenvalue weighted by Crippen LogP contribution is -2.07. The molecule has 1 aromatic heterocycles. The lowest BCUT2D eigenvalue weighted by atomic mass is 10.1. The second kappa shape index (κ2) is 6.54. The highest BCUT2D eigenvalue weighted by atomic mass is 35.5. The molecule has 6 heteroatoms. The Balaban J connectivity index is 2.58. The molecule has 0 aliphatic heterocycles. The lowest BCUT2D eigenvalue weighted by Gasteiger charge is -2.17. The molecule has 2 rings (SSSR count). The Bertz CT molecular complexity index is 647. The van der Waals surface area contributed by atoms with Crippen molar-refractivity contribution < 1.29 is 9.90 Å². The number of para-hydroxylation sites is 1. The zero-order valence-corrected chi connectivity index (χ0v) is 13.7. The number of hydrogen-bond acceptors (Lipinski definition) is 3. The average Bonchev–Trinajstić information content (AvgIpc) is 2.80. The molecule has 0 atom stereocenters. The van der Waals surface area contributed by atoms with Crippen molar-refractivity contribution in [3.8, 4) is 5.69 Å². The second-order valence-electron chi connectivity index (χ2n) is 5.04. The number of thioether (sulfide) groups is 1. The first kappa shape index (κ1) is 15.9. The van der Waals surface area contributed by atoms with E-state index in [0.29, 0.717) is 10.2 Å². The van der Waals surface area contributed by atoms with Gasteiger partial charge in [0.05, 0.1) is 22.7 Å². The average molecular weight is 325 g/mol. The molecule has 0 aliphatic rings. The molecule has 0 fully saturated rings. The Morgan fingerprint density at radius 1 is 1.48 bits per heavy atom. The summed E-state index contributed by atoms with van der Waals surface area (Å²) in [5, 5.41) is 10.2. The maximum absolute atomic E-state index is 10.8. The smallest absolute Gasteiger partial charge is 0.313 e. The van der Waals surface area contributed by atoms with Gasteiger partial charge in [0.1, 0.15) is 0 Å². The van der Waals surface area contributed by atoms with Crippen LogP contribution in [-0.2, 0) is 4.79 Å². The molecule has 0 unspecified atom stereocenters. The van der Waals surface area contributed by atoms with E-state index in [-0.39, 0.29) is 11.7 Å². The molecule has 0 radical (unpaired) electrons. The van der Waals surface area contributed by atoms with E-state index in [1.165, 1.54) is 11.8 Å². The van der Waals surface area contributed by atoms with Crippen molar-refractivity contribution in [2.45, 2.75) is 31.8 Å². The highest BCUT2D eigenvalue weighted by molar-refractivity contribution is 7.99. The minimum atomic E-state index is -0.864. The van der Waals surface area contributed by atoms with E-state index in [1.807, 2.05) is 29.7 Å². The number of carboxylic acid groups (broad SMARTS) is 1. The predicted molar refractivity (Wildman–Crippen MR) is 85.8 cm³/mol. The van der Waals surface area contributed by atoms with E-state index < -0.39 is 5.97 Å². The summed E-state index contributed by atoms with van der Waals surface area (Å²) in [5.74, 6) is -0.637. The Morgan fingerprint density at radius 2 is 2.19 bits per heavy atom. The molecule has 0 saturated heterocycles. The van der Waals surface area contributed by atoms with Gasteiger partial charge in [-0.3, -0.25) is 9.36 Å². The lowest BCUT2D eigenvalue weighted by molar-refractivity contribution is -0.133. The van der Waals surface area contributed by atoms with Crippen LogP contribution in [0.15, 0.2) is 29.6 Å². The summed E-state index contributed by atoms with van der Waals surface area (Å²) in [5.41, 5.74) is 2.91. The number of aryl methyl sites for hydroxylation is 1. The zero-order chi connectivity index (χ0) is 15.6. The van der Waals surface area contributed by atoms with Crippen LogP contribution in [0.1, 0.15) is 31.0 Å². The van der Waals surface area contributed by atoms with E-state index in [9.17, 15) is 4.79 Å². The van der Waals surface area contributed by atoms with Crippen LogP contribution in [0.4, 0.5) is 0 Å². The number of aromatic nitrogens is 2. The van der Waals surface area contributed by atoms with Crippen molar-refractivity contribution in [1.29, 1.82) is 0 Å². The minimum absolute atomic E-state index is 0.0297. The third-order valence-corrected chi connectivity index (χ3v) is 4.33. The molecule has 21 heavy (non-hydrogen) atoms. The number of halogens is 1. The van der Waals surface area contributed by atoms with Gasteiger partial charge in [-0.25, -0.2) is 4.98 Å². The van der Waals surface area contributed by atoms with Crippen LogP contribution >= 0.6 is 23.4 Å². The molecule has 1 heterocycles. The van der Waals surface area contributed by atoms with E-state index >= 15 is 0 Å². The van der Waals surface area contributed by atoms with Gasteiger partial charge in [0.25, 0.3) is 0 Å². The number of imidazole rings is 1. The topological polar surface area (TPSA) is 55.1 Å². The predicted octanol–water partition coefficient (Wildman–Crippen LogP) is 4.13. The van der Waals surface area contributed by atoms with Crippen molar-refractivity contribution in [2.75, 3.05) is 5.75 Å². The van der Waals surface area contributed by atoms with E-state index in [4.69, 9.17) is 16.7 Å². The van der Waals surface area contributed by atoms with Crippen LogP contribution in [0, 0.1) is 6.92 Å². The van der Waals surface area contributed by atoms with Crippen LogP contribution < -0.4 is 0 Å². The van der Waals surface area contributed by atoms with E-state index in [1.54, 1.807) is 6.20 Å². The zero-order valence-electron chi connectivity index (χ0n) is 12.1. The summed E-state index contributed by atoms with van der Waals surface area (Å²) in [6, 6.07) is 5.72. The van der Waals surface area contributed by atoms with Crippen molar-refractivity contribution >= 4 is 29.3 Å². The van der Waals surface area contributed by atoms with Crippen LogP contribution in [-0.4, -0.2) is 26.4 Å². The van der Waals surface area contributed by atoms with Gasteiger partial charge >= 0.3 is 5.97 Å². The summed E-state index contributed by atoms with van der Waals surface area (Å²) < 4.78 is 1.97. The monoisotopic (exact) mass is 324 g/mol. The Kier molecular flexibility index (Phi) is 4.96. The number of hydrogen-bond donors (Lipinski definition) is 1. The number of carboxylic acids is 1. The summed E-state index contributed by atoms with van der Waals surface area (Å²) in [6.07, 6.45) is 1.79. The molecular formula is C15H17ClN2O2S. The molecular weight excluding hydrogens is 308 g/mol. The third kappa shape index (κ3) is 3.41. The van der Waals surface area contributed by atoms with Gasteiger partial charge in [0.15, 0.2) is 5.16 Å². The van der Waals surface area contributed by atoms with Crippen molar-refractivity contribution in [3.63, 3.8) is 0 Å². The van der Waals surface area contributed by atoms with Crippen molar-refractivity contribution in [1.82, 2.24) is 9.55 Å². The number of carbonyl (C=O) groups is 1. The first-order valence-electron chi connectivity index (χ1n) is 6.59. The Morgan fingerprint density at radius 3 is 2.76 bits per heavy atom. The van der Waals surface area contributed by atoms with Gasteiger partial charge in [-0.2, -0.15) is 0 Å². The largest absolute Gasteiger partial charge is 0.481 e. The fourth-order valence-electron chi connectivity index (χ4n) is 2.11. The summed E-state index contributed by atoms with van der Waals surface area (Å²) in [6.45, 7) is 6.13. The number of rotatable bonds is 5. The Hall–Kier alpha value is -1.46. The summed E-state index contributed by atoms with van der Waals surface area (Å²) in [7, 11) is 0. The highest BCUT2D eigenvalue weighted by Crippen LogP contribution is 2.32. The van der Waals surface area contributed by atoms with Crippen molar-refractivity contribution in [3.05, 3.63) is 40.7 Å². The molecule has 112 valence electrons. The fourth-order valence-corrected chi connectivity index (χ4v) is 3.13. The molecule has 0 saturated carbocycles. The van der Waals surface area contributed by atoms with Crippen LogP contribution in [0.25, 0.3) is 5.69 Å². The van der Waals surface area contributed by atoms with Crippen LogP contribution in [0.3, 0.4) is 0 Å². The molecule has 1 N–H and O–H groups in total. The maximum Gasteiger partial charge on any atom is 0.313 e. The number of nitrogens with zero attached hydrogens (tertiary/aromatic N) is 2. The number of benzene rings is 1. The van der Waals surface area contributed by atoms with Crippen LogP contribution in [0.2, 0.25) is 5.02 Å². The van der Waals surface area contributed by atoms with Crippen molar-refractivity contribution in [2.24, 2.45) is 0 Å². The second-order valence-corrected chi connectivity index (χ2v) is 6.39. The molecule has 2 aromatic rings. The van der Waals surface area contributed by atoms with Crippen LogP contribution in [0.5, 0.6) is 0 Å². The Labute approximate surface area is 133 Å². The minimum Gasteiger partial charge on any atom is -0.481 e. The fraction of sp³-hybridized carbons (Fsp3) is 0.333. The van der Waals surface area contributed by atoms with Gasteiger partial charge in [0.2, 0.25) is 0 Å². The van der Waals surface area contributed by atoms with E-state index in [2.05, 4.69) is 18.8 Å². The summed E-state index contributed by atoms with van der Waals surface area (Å²) >= 11 is 7.56. The molecule has 1 aromatic carbocycles. The quantitative estimate of drug-likeness (QED) is 0.840. The molecule has 0 aliphatic carbocycles. The van der Waals surface area contributed by atoms with Gasteiger partial charge in [-0.05, 0) is 24.5 Å². The van der Waals surface area contributed by atoms with Gasteiger partial charge < -0.3 is 5.11 Å². The molecule has 0 bridgehead atoms. The third-order valence-electron chi connectivity index (χ3n) is 3.09. The normalized spacial score (nSPS) is 11.1. The molecule has 4 nitrogen and oxygen atoms in total. The first-order valence-corrected chi connectivity index (χ1v) is 7.96. The van der Waals surface area contributed by atoms with E-state index in [0.717, 1.165) is 16.9 Å². The highest BCUT2D eigenvalue weighted by Gasteiger charge is 2.19. The standard InChI is InChI=1S/C15H17ClN2O2S/c1-9(2)12-7-17-15(21-8-13(19)20)18(12)14-10(3)5-4-6-11(14)16/h4-7,9H,8H2,1-3H3,(H,19,20). The summed E-state index contributed by atoms with van der Waals surface area (Å²) in [4.78, 5) is 15.2. The SMILES string of the molecule is Cc1cccc(Cl)c1-n1c(C(C)C)cnc1SCC(=O)O. The number of aliphatic carboxylic acids is 1. The first-order chi connectivity index (χ1) is 9.91. The maximum atomic E-state index is 10.8. The van der Waals surface area contributed by atoms with Gasteiger partial charge in [-0.1, -0.05) is 49.3 Å². The van der Waals surface area contributed by atoms with Gasteiger partial charge in [0, 0.05) is 5.69 Å². The molecule has 0 spiro atoms.